The molecule has 2 aromatic rings. The van der Waals surface area contributed by atoms with Gasteiger partial charge in [-0.05, 0) is 39.0 Å². The molecular weight excluding hydrogens is 288 g/mol. The van der Waals surface area contributed by atoms with Crippen LogP contribution in [-0.4, -0.2) is 22.6 Å². The number of benzene rings is 1. The molecule has 2 rings (SSSR count). The van der Waals surface area contributed by atoms with Crippen LogP contribution in [0.5, 0.6) is 5.75 Å². The van der Waals surface area contributed by atoms with E-state index >= 15 is 0 Å². The topological polar surface area (TPSA) is 59.1 Å². The lowest BCUT2D eigenvalue weighted by molar-refractivity contribution is 0.415. The minimum atomic E-state index is -0.0605. The molecule has 0 bridgehead atoms. The quantitative estimate of drug-likeness (QED) is 0.891. The maximum absolute atomic E-state index is 6.10. The Morgan fingerprint density at radius 3 is 2.43 bits per heavy atom. The van der Waals surface area contributed by atoms with Gasteiger partial charge >= 0.3 is 0 Å². The first-order valence-corrected chi connectivity index (χ1v) is 6.96. The van der Waals surface area contributed by atoms with E-state index in [2.05, 4.69) is 41.4 Å². The summed E-state index contributed by atoms with van der Waals surface area (Å²) >= 11 is 6.10. The minimum absolute atomic E-state index is 0.0605. The van der Waals surface area contributed by atoms with Gasteiger partial charge in [-0.2, -0.15) is 0 Å². The Morgan fingerprint density at radius 1 is 1.10 bits per heavy atom. The Morgan fingerprint density at radius 2 is 1.81 bits per heavy atom. The predicted molar refractivity (Wildman–Crippen MR) is 86.7 cm³/mol. The molecule has 1 aromatic carbocycles. The van der Waals surface area contributed by atoms with Crippen LogP contribution in [0.3, 0.4) is 0 Å². The molecule has 1 heterocycles. The van der Waals surface area contributed by atoms with Gasteiger partial charge in [0.2, 0.25) is 0 Å². The third-order valence-electron chi connectivity index (χ3n) is 2.59. The molecule has 0 amide bonds. The number of nitrogens with one attached hydrogen (secondary N) is 2. The van der Waals surface area contributed by atoms with Gasteiger partial charge in [-0.1, -0.05) is 11.6 Å². The molecule has 0 saturated carbocycles. The first-order valence-electron chi connectivity index (χ1n) is 6.58. The highest BCUT2D eigenvalue weighted by Crippen LogP contribution is 2.28. The third-order valence-corrected chi connectivity index (χ3v) is 2.89. The van der Waals surface area contributed by atoms with Crippen LogP contribution in [0.15, 0.2) is 30.6 Å². The SMILES string of the molecule is COc1ccc(Nc2cc(NC(C)(C)C)ncn2)cc1Cl. The van der Waals surface area contributed by atoms with Crippen LogP contribution in [0.1, 0.15) is 20.8 Å². The zero-order chi connectivity index (χ0) is 15.5. The van der Waals surface area contributed by atoms with E-state index in [1.54, 1.807) is 19.2 Å². The highest BCUT2D eigenvalue weighted by Gasteiger charge is 2.10. The summed E-state index contributed by atoms with van der Waals surface area (Å²) in [7, 11) is 1.59. The van der Waals surface area contributed by atoms with Crippen molar-refractivity contribution in [2.75, 3.05) is 17.7 Å². The van der Waals surface area contributed by atoms with Crippen LogP contribution < -0.4 is 15.4 Å². The van der Waals surface area contributed by atoms with Crippen molar-refractivity contribution in [3.8, 4) is 5.75 Å². The van der Waals surface area contributed by atoms with Gasteiger partial charge < -0.3 is 15.4 Å². The van der Waals surface area contributed by atoms with Crippen molar-refractivity contribution in [2.24, 2.45) is 0 Å². The maximum atomic E-state index is 6.10. The van der Waals surface area contributed by atoms with Crippen molar-refractivity contribution in [3.05, 3.63) is 35.6 Å². The Kier molecular flexibility index (Phi) is 4.53. The molecule has 0 aliphatic heterocycles. The summed E-state index contributed by atoms with van der Waals surface area (Å²) in [6.45, 7) is 6.22. The Labute approximate surface area is 129 Å². The van der Waals surface area contributed by atoms with Crippen molar-refractivity contribution < 1.29 is 4.74 Å². The summed E-state index contributed by atoms with van der Waals surface area (Å²) < 4.78 is 5.13. The number of anilines is 3. The Balaban J connectivity index is 2.16. The molecule has 6 heteroatoms. The fraction of sp³-hybridized carbons (Fsp3) is 0.333. The van der Waals surface area contributed by atoms with E-state index in [-0.39, 0.29) is 5.54 Å². The van der Waals surface area contributed by atoms with Crippen LogP contribution in [-0.2, 0) is 0 Å². The second-order valence-corrected chi connectivity index (χ2v) is 6.05. The van der Waals surface area contributed by atoms with Crippen LogP contribution >= 0.6 is 11.6 Å². The van der Waals surface area contributed by atoms with E-state index in [0.29, 0.717) is 16.6 Å². The van der Waals surface area contributed by atoms with E-state index < -0.39 is 0 Å². The van der Waals surface area contributed by atoms with Gasteiger partial charge in [0.05, 0.1) is 12.1 Å². The van der Waals surface area contributed by atoms with Crippen LogP contribution in [0.4, 0.5) is 17.3 Å². The van der Waals surface area contributed by atoms with E-state index in [4.69, 9.17) is 16.3 Å². The fourth-order valence-electron chi connectivity index (χ4n) is 1.77. The summed E-state index contributed by atoms with van der Waals surface area (Å²) in [5.74, 6) is 2.09. The van der Waals surface area contributed by atoms with Crippen LogP contribution in [0.2, 0.25) is 5.02 Å². The van der Waals surface area contributed by atoms with E-state index in [1.165, 1.54) is 6.33 Å². The average molecular weight is 307 g/mol. The molecule has 1 aromatic heterocycles. The lowest BCUT2D eigenvalue weighted by Crippen LogP contribution is -2.26. The van der Waals surface area contributed by atoms with Crippen molar-refractivity contribution in [1.82, 2.24) is 9.97 Å². The highest BCUT2D eigenvalue weighted by atomic mass is 35.5. The monoisotopic (exact) mass is 306 g/mol. The van der Waals surface area contributed by atoms with Crippen molar-refractivity contribution in [1.29, 1.82) is 0 Å². The number of methoxy groups -OCH3 is 1. The molecule has 21 heavy (non-hydrogen) atoms. The number of hydrogen-bond acceptors (Lipinski definition) is 5. The van der Waals surface area contributed by atoms with Gasteiger partial charge in [0, 0.05) is 17.3 Å². The number of hydrogen-bond donors (Lipinski definition) is 2. The van der Waals surface area contributed by atoms with Gasteiger partial charge in [0.15, 0.2) is 0 Å². The lowest BCUT2D eigenvalue weighted by atomic mass is 10.1. The third kappa shape index (κ3) is 4.49. The lowest BCUT2D eigenvalue weighted by Gasteiger charge is -2.21. The molecule has 2 N–H and O–H groups in total. The first-order chi connectivity index (χ1) is 9.87. The number of rotatable bonds is 4. The maximum Gasteiger partial charge on any atom is 0.137 e. The molecule has 0 aliphatic rings. The number of aromatic nitrogens is 2. The average Bonchev–Trinajstić information content (AvgIpc) is 2.37. The zero-order valence-corrected chi connectivity index (χ0v) is 13.3. The first kappa shape index (κ1) is 15.4. The molecule has 5 nitrogen and oxygen atoms in total. The predicted octanol–water partition coefficient (Wildman–Crippen LogP) is 4.09. The number of nitrogens with zero attached hydrogens (tertiary/aromatic N) is 2. The van der Waals surface area contributed by atoms with Gasteiger partial charge in [0.25, 0.3) is 0 Å². The number of ether oxygens (including phenoxy) is 1. The molecule has 0 aliphatic carbocycles. The van der Waals surface area contributed by atoms with Gasteiger partial charge in [-0.25, -0.2) is 9.97 Å². The summed E-state index contributed by atoms with van der Waals surface area (Å²) in [6.07, 6.45) is 1.52. The summed E-state index contributed by atoms with van der Waals surface area (Å²) in [5.41, 5.74) is 0.774. The van der Waals surface area contributed by atoms with Crippen LogP contribution in [0.25, 0.3) is 0 Å². The van der Waals surface area contributed by atoms with Gasteiger partial charge in [0.1, 0.15) is 23.7 Å². The van der Waals surface area contributed by atoms with Crippen LogP contribution in [0, 0.1) is 0 Å². The van der Waals surface area contributed by atoms with Gasteiger partial charge in [-0.15, -0.1) is 0 Å². The number of halogens is 1. The second-order valence-electron chi connectivity index (χ2n) is 5.64. The Hall–Kier alpha value is -2.01. The molecule has 0 radical (unpaired) electrons. The van der Waals surface area contributed by atoms with E-state index in [1.807, 2.05) is 12.1 Å². The van der Waals surface area contributed by atoms with E-state index in [0.717, 1.165) is 11.5 Å². The second kappa shape index (κ2) is 6.18. The molecular formula is C15H19ClN4O. The summed E-state index contributed by atoms with van der Waals surface area (Å²) in [5, 5.41) is 7.04. The molecule has 0 spiro atoms. The van der Waals surface area contributed by atoms with Crippen molar-refractivity contribution >= 4 is 28.9 Å². The van der Waals surface area contributed by atoms with Gasteiger partial charge in [-0.3, -0.25) is 0 Å². The van der Waals surface area contributed by atoms with Crippen molar-refractivity contribution in [2.45, 2.75) is 26.3 Å². The summed E-state index contributed by atoms with van der Waals surface area (Å²) in [6, 6.07) is 7.33. The van der Waals surface area contributed by atoms with Crippen molar-refractivity contribution in [3.63, 3.8) is 0 Å². The summed E-state index contributed by atoms with van der Waals surface area (Å²) in [4.78, 5) is 8.40. The zero-order valence-electron chi connectivity index (χ0n) is 12.6. The fourth-order valence-corrected chi connectivity index (χ4v) is 2.03. The normalized spacial score (nSPS) is 11.1. The molecule has 0 fully saturated rings. The largest absolute Gasteiger partial charge is 0.495 e. The smallest absolute Gasteiger partial charge is 0.137 e. The van der Waals surface area contributed by atoms with E-state index in [9.17, 15) is 0 Å². The highest BCUT2D eigenvalue weighted by molar-refractivity contribution is 6.32. The standard InChI is InChI=1S/C15H19ClN4O/c1-15(2,3)20-14-8-13(17-9-18-14)19-10-5-6-12(21-4)11(16)7-10/h5-9H,1-4H3,(H2,17,18,19,20). The molecule has 0 atom stereocenters. The molecule has 0 saturated heterocycles. The Bertz CT molecular complexity index is 625. The molecule has 112 valence electrons. The molecule has 0 unspecified atom stereocenters. The minimum Gasteiger partial charge on any atom is -0.495 e.